The van der Waals surface area contributed by atoms with E-state index in [-0.39, 0.29) is 12.1 Å². The summed E-state index contributed by atoms with van der Waals surface area (Å²) in [5, 5.41) is 9.46. The predicted molar refractivity (Wildman–Crippen MR) is 79.8 cm³/mol. The van der Waals surface area contributed by atoms with Crippen LogP contribution in [0.3, 0.4) is 0 Å². The summed E-state index contributed by atoms with van der Waals surface area (Å²) < 4.78 is 15.9. The number of hydrogen-bond donors (Lipinski definition) is 2. The lowest BCUT2D eigenvalue weighted by Crippen LogP contribution is -2.26. The first-order valence-corrected chi connectivity index (χ1v) is 7.06. The summed E-state index contributed by atoms with van der Waals surface area (Å²) in [7, 11) is 0. The topological polar surface area (TPSA) is 62.7 Å². The zero-order chi connectivity index (χ0) is 15.4. The third-order valence-electron chi connectivity index (χ3n) is 2.91. The molecule has 7 heteroatoms. The highest BCUT2D eigenvalue weighted by Crippen LogP contribution is 2.07. The Balaban J connectivity index is 2.09. The smallest absolute Gasteiger partial charge is 0.254 e. The number of carbonyl (C=O) groups excluding carboxylic acids is 1. The van der Waals surface area contributed by atoms with Crippen LogP contribution < -0.4 is 5.32 Å². The van der Waals surface area contributed by atoms with Gasteiger partial charge in [0.05, 0.1) is 12.1 Å². The molecular weight excluding hydrogens is 291 g/mol. The van der Waals surface area contributed by atoms with Crippen molar-refractivity contribution in [3.63, 3.8) is 0 Å². The van der Waals surface area contributed by atoms with Crippen LogP contribution in [0.2, 0.25) is 0 Å². The fraction of sp³-hybridized carbons (Fsp3) is 0.357. The van der Waals surface area contributed by atoms with Crippen LogP contribution in [0.25, 0.3) is 0 Å². The van der Waals surface area contributed by atoms with Gasteiger partial charge in [-0.25, -0.2) is 4.39 Å². The Bertz CT molecular complexity index is 692. The lowest BCUT2D eigenvalue weighted by atomic mass is 10.2. The second-order valence-electron chi connectivity index (χ2n) is 5.11. The predicted octanol–water partition coefficient (Wildman–Crippen LogP) is 2.67. The maximum Gasteiger partial charge on any atom is 0.254 e. The van der Waals surface area contributed by atoms with E-state index in [1.165, 1.54) is 12.1 Å². The number of nitrogens with one attached hydrogen (secondary N) is 2. The largest absolute Gasteiger partial charge is 0.345 e. The van der Waals surface area contributed by atoms with E-state index in [1.807, 2.05) is 4.57 Å². The van der Waals surface area contributed by atoms with Crippen molar-refractivity contribution in [1.82, 2.24) is 20.1 Å². The van der Waals surface area contributed by atoms with Crippen LogP contribution in [0.4, 0.5) is 4.39 Å². The Labute approximate surface area is 127 Å². The molecule has 0 radical (unpaired) electrons. The molecule has 0 aliphatic heterocycles. The molecule has 0 spiro atoms. The van der Waals surface area contributed by atoms with E-state index in [0.29, 0.717) is 23.1 Å². The molecule has 0 atom stereocenters. The molecule has 0 aliphatic rings. The van der Waals surface area contributed by atoms with E-state index in [0.717, 1.165) is 0 Å². The van der Waals surface area contributed by atoms with Crippen LogP contribution in [0.1, 0.15) is 30.0 Å². The lowest BCUT2D eigenvalue weighted by molar-refractivity contribution is 0.0945. The van der Waals surface area contributed by atoms with Crippen molar-refractivity contribution >= 4 is 18.1 Å². The van der Waals surface area contributed by atoms with Gasteiger partial charge in [-0.15, -0.1) is 0 Å². The zero-order valence-corrected chi connectivity index (χ0v) is 12.7. The first-order chi connectivity index (χ1) is 9.99. The van der Waals surface area contributed by atoms with Gasteiger partial charge >= 0.3 is 0 Å². The summed E-state index contributed by atoms with van der Waals surface area (Å²) in [6, 6.07) is 5.85. The third-order valence-corrected chi connectivity index (χ3v) is 3.22. The highest BCUT2D eigenvalue weighted by molar-refractivity contribution is 7.71. The van der Waals surface area contributed by atoms with Gasteiger partial charge in [-0.05, 0) is 30.3 Å². The molecule has 0 bridgehead atoms. The number of H-pyrrole nitrogens is 1. The van der Waals surface area contributed by atoms with E-state index in [4.69, 9.17) is 12.2 Å². The Hall–Kier alpha value is -2.02. The molecule has 2 N–H and O–H groups in total. The van der Waals surface area contributed by atoms with Gasteiger partial charge in [0, 0.05) is 6.54 Å². The van der Waals surface area contributed by atoms with Crippen molar-refractivity contribution < 1.29 is 9.18 Å². The number of hydrogen-bond acceptors (Lipinski definition) is 3. The molecule has 1 amide bonds. The van der Waals surface area contributed by atoms with Gasteiger partial charge in [-0.3, -0.25) is 9.89 Å². The number of benzene rings is 1. The van der Waals surface area contributed by atoms with Gasteiger partial charge in [-0.1, -0.05) is 26.0 Å². The molecule has 1 heterocycles. The molecule has 5 nitrogen and oxygen atoms in total. The fourth-order valence-electron chi connectivity index (χ4n) is 1.94. The van der Waals surface area contributed by atoms with Gasteiger partial charge in [-0.2, -0.15) is 5.10 Å². The summed E-state index contributed by atoms with van der Waals surface area (Å²) in [6.45, 7) is 5.03. The quantitative estimate of drug-likeness (QED) is 0.835. The van der Waals surface area contributed by atoms with Gasteiger partial charge in [0.1, 0.15) is 5.82 Å². The molecule has 112 valence electrons. The van der Waals surface area contributed by atoms with Gasteiger partial charge in [0.15, 0.2) is 10.6 Å². The zero-order valence-electron chi connectivity index (χ0n) is 11.9. The fourth-order valence-corrected chi connectivity index (χ4v) is 2.16. The second kappa shape index (κ2) is 6.62. The van der Waals surface area contributed by atoms with Gasteiger partial charge in [0.2, 0.25) is 0 Å². The van der Waals surface area contributed by atoms with Crippen LogP contribution in [-0.2, 0) is 13.1 Å². The molecule has 2 rings (SSSR count). The summed E-state index contributed by atoms with van der Waals surface area (Å²) in [4.78, 5) is 12.0. The summed E-state index contributed by atoms with van der Waals surface area (Å²) in [5.74, 6) is 0.00265. The lowest BCUT2D eigenvalue weighted by Gasteiger charge is -2.10. The summed E-state index contributed by atoms with van der Waals surface area (Å²) >= 11 is 5.16. The number of aromatic nitrogens is 3. The van der Waals surface area contributed by atoms with E-state index >= 15 is 0 Å². The average molecular weight is 308 g/mol. The molecular formula is C14H17FN4OS. The molecule has 0 saturated heterocycles. The molecule has 1 aromatic carbocycles. The third kappa shape index (κ3) is 3.75. The number of rotatable bonds is 5. The standard InChI is InChI=1S/C14H17FN4OS/c1-9(2)8-19-12(17-18-14(19)21)7-16-13(20)10-5-3-4-6-11(10)15/h3-6,9H,7-8H2,1-2H3,(H,16,20)(H,18,21). The SMILES string of the molecule is CC(C)Cn1c(CNC(=O)c2ccccc2F)n[nH]c1=S. The maximum absolute atomic E-state index is 13.5. The van der Waals surface area contributed by atoms with Crippen LogP contribution in [0.5, 0.6) is 0 Å². The average Bonchev–Trinajstić information content (AvgIpc) is 2.77. The Morgan fingerprint density at radius 3 is 2.86 bits per heavy atom. The van der Waals surface area contributed by atoms with Crippen LogP contribution in [0.15, 0.2) is 24.3 Å². The van der Waals surface area contributed by atoms with E-state index < -0.39 is 11.7 Å². The Morgan fingerprint density at radius 1 is 1.48 bits per heavy atom. The summed E-state index contributed by atoms with van der Waals surface area (Å²) in [6.07, 6.45) is 0. The minimum Gasteiger partial charge on any atom is -0.345 e. The maximum atomic E-state index is 13.5. The summed E-state index contributed by atoms with van der Waals surface area (Å²) in [5.41, 5.74) is 0.0158. The molecule has 21 heavy (non-hydrogen) atoms. The van der Waals surface area contributed by atoms with E-state index in [1.54, 1.807) is 12.1 Å². The van der Waals surface area contributed by atoms with Crippen LogP contribution >= 0.6 is 12.2 Å². The highest BCUT2D eigenvalue weighted by Gasteiger charge is 2.13. The van der Waals surface area contributed by atoms with E-state index in [9.17, 15) is 9.18 Å². The van der Waals surface area contributed by atoms with Crippen LogP contribution in [0, 0.1) is 16.5 Å². The molecule has 0 fully saturated rings. The van der Waals surface area contributed by atoms with E-state index in [2.05, 4.69) is 29.4 Å². The van der Waals surface area contributed by atoms with Crippen molar-refractivity contribution in [2.45, 2.75) is 26.9 Å². The number of carbonyl (C=O) groups is 1. The minimum atomic E-state index is -0.545. The number of nitrogens with zero attached hydrogens (tertiary/aromatic N) is 2. The Morgan fingerprint density at radius 2 is 2.19 bits per heavy atom. The first kappa shape index (κ1) is 15.4. The van der Waals surface area contributed by atoms with Gasteiger partial charge < -0.3 is 9.88 Å². The van der Waals surface area contributed by atoms with Crippen molar-refractivity contribution in [2.24, 2.45) is 5.92 Å². The number of halogens is 1. The highest BCUT2D eigenvalue weighted by atomic mass is 32.1. The molecule has 2 aromatic rings. The van der Waals surface area contributed by atoms with Crippen molar-refractivity contribution in [3.8, 4) is 0 Å². The minimum absolute atomic E-state index is 0.0158. The molecule has 0 unspecified atom stereocenters. The van der Waals surface area contributed by atoms with Crippen LogP contribution in [-0.4, -0.2) is 20.7 Å². The molecule has 0 aliphatic carbocycles. The van der Waals surface area contributed by atoms with Crippen molar-refractivity contribution in [1.29, 1.82) is 0 Å². The first-order valence-electron chi connectivity index (χ1n) is 6.66. The second-order valence-corrected chi connectivity index (χ2v) is 5.50. The Kier molecular flexibility index (Phi) is 4.85. The molecule has 1 aromatic heterocycles. The molecule has 0 saturated carbocycles. The van der Waals surface area contributed by atoms with Crippen molar-refractivity contribution in [2.75, 3.05) is 0 Å². The number of amides is 1. The monoisotopic (exact) mass is 308 g/mol. The van der Waals surface area contributed by atoms with Gasteiger partial charge in [0.25, 0.3) is 5.91 Å². The van der Waals surface area contributed by atoms with Crippen molar-refractivity contribution in [3.05, 3.63) is 46.2 Å². The number of aromatic amines is 1. The normalized spacial score (nSPS) is 10.9.